The summed E-state index contributed by atoms with van der Waals surface area (Å²) in [6.07, 6.45) is -10.5. The van der Waals surface area contributed by atoms with Gasteiger partial charge < -0.3 is 49.1 Å². The Morgan fingerprint density at radius 1 is 0.871 bits per heavy atom. The van der Waals surface area contributed by atoms with E-state index < -0.39 is 118 Å². The molecule has 8 rings (SSSR count). The van der Waals surface area contributed by atoms with Crippen LogP contribution < -0.4 is 5.32 Å². The molecule has 2 saturated carbocycles. The summed E-state index contributed by atoms with van der Waals surface area (Å²) in [5, 5.41) is 42.0. The van der Waals surface area contributed by atoms with Gasteiger partial charge in [0.05, 0.1) is 29.6 Å². The summed E-state index contributed by atoms with van der Waals surface area (Å²) in [6.45, 7) is 11.7. The fourth-order valence-electron chi connectivity index (χ4n) is 11.1. The first-order valence-corrected chi connectivity index (χ1v) is 23.2. The zero-order valence-corrected chi connectivity index (χ0v) is 40.2. The maximum Gasteiger partial charge on any atom is 0.408 e. The monoisotopic (exact) mass is 962 g/mol. The number of nitrogens with one attached hydrogen (secondary N) is 1. The molecule has 0 spiro atoms. The number of nitrogens with zero attached hydrogens (tertiary/aromatic N) is 1. The molecule has 17 heteroatoms. The van der Waals surface area contributed by atoms with Crippen molar-refractivity contribution in [1.82, 2.24) is 10.3 Å². The molecule has 2 bridgehead atoms. The van der Waals surface area contributed by atoms with E-state index in [4.69, 9.17) is 28.4 Å². The number of pyridine rings is 1. The second-order valence-electron chi connectivity index (χ2n) is 20.3. The summed E-state index contributed by atoms with van der Waals surface area (Å²) in [5.41, 5.74) is -8.82. The molecule has 0 unspecified atom stereocenters. The number of hydrogen-bond donors (Lipinski definition) is 4. The van der Waals surface area contributed by atoms with Gasteiger partial charge in [-0.05, 0) is 74.9 Å². The van der Waals surface area contributed by atoms with E-state index in [1.54, 1.807) is 99.6 Å². The average Bonchev–Trinajstić information content (AvgIpc) is 3.30. The van der Waals surface area contributed by atoms with Crippen LogP contribution in [0.3, 0.4) is 0 Å². The van der Waals surface area contributed by atoms with E-state index in [9.17, 15) is 34.5 Å². The Morgan fingerprint density at radius 3 is 2.14 bits per heavy atom. The van der Waals surface area contributed by atoms with Crippen molar-refractivity contribution >= 4 is 46.5 Å². The molecule has 0 radical (unpaired) electrons. The summed E-state index contributed by atoms with van der Waals surface area (Å²) >= 11 is 0. The van der Waals surface area contributed by atoms with Crippen molar-refractivity contribution in [1.29, 1.82) is 0 Å². The van der Waals surface area contributed by atoms with Crippen molar-refractivity contribution in [3.63, 3.8) is 0 Å². The number of Topliss-reactive ketones (excluding diaryl/α,β-unsaturated/α-hetero) is 1. The fraction of sp³-hybridized carbons (Fsp3) is 0.453. The number of carbonyl (C=O) groups excluding carboxylic acids is 6. The van der Waals surface area contributed by atoms with Crippen LogP contribution in [0.15, 0.2) is 108 Å². The lowest BCUT2D eigenvalue weighted by Crippen LogP contribution is -2.81. The van der Waals surface area contributed by atoms with E-state index in [0.29, 0.717) is 10.8 Å². The smallest absolute Gasteiger partial charge is 0.408 e. The number of ether oxygens (including phenoxy) is 6. The van der Waals surface area contributed by atoms with Crippen LogP contribution in [-0.2, 0) is 42.8 Å². The number of esters is 4. The number of aliphatic hydroxyl groups is 3. The molecule has 4 N–H and O–H groups in total. The second kappa shape index (κ2) is 18.3. The molecule has 17 nitrogen and oxygen atoms in total. The van der Waals surface area contributed by atoms with Gasteiger partial charge in [0.15, 0.2) is 17.1 Å². The van der Waals surface area contributed by atoms with E-state index in [1.165, 1.54) is 46.0 Å². The van der Waals surface area contributed by atoms with Crippen LogP contribution in [0.1, 0.15) is 101 Å². The maximum absolute atomic E-state index is 15.3. The maximum atomic E-state index is 15.3. The van der Waals surface area contributed by atoms with Gasteiger partial charge in [-0.1, -0.05) is 86.6 Å². The Balaban J connectivity index is 1.28. The number of fused-ring (bicyclic) bond motifs is 6. The Kier molecular flexibility index (Phi) is 13.1. The first-order chi connectivity index (χ1) is 32.9. The van der Waals surface area contributed by atoms with Crippen LogP contribution in [0.2, 0.25) is 0 Å². The van der Waals surface area contributed by atoms with Crippen molar-refractivity contribution < 1.29 is 72.5 Å². The first kappa shape index (κ1) is 49.9. The summed E-state index contributed by atoms with van der Waals surface area (Å²) in [4.78, 5) is 90.3. The molecule has 2 heterocycles. The average molecular weight is 963 g/mol. The zero-order valence-electron chi connectivity index (χ0n) is 40.2. The highest BCUT2D eigenvalue weighted by molar-refractivity contribution is 6.03. The number of carbonyl (C=O) groups is 6. The lowest BCUT2D eigenvalue weighted by molar-refractivity contribution is -0.346. The van der Waals surface area contributed by atoms with Crippen LogP contribution in [0.4, 0.5) is 4.79 Å². The lowest BCUT2D eigenvalue weighted by Gasteiger charge is -2.67. The summed E-state index contributed by atoms with van der Waals surface area (Å²) in [7, 11) is 0. The van der Waals surface area contributed by atoms with Gasteiger partial charge >= 0.3 is 30.0 Å². The number of ketones is 1. The molecule has 3 fully saturated rings. The van der Waals surface area contributed by atoms with Gasteiger partial charge in [-0.2, -0.15) is 0 Å². The van der Waals surface area contributed by atoms with Crippen molar-refractivity contribution in [3.8, 4) is 0 Å². The number of benzene rings is 3. The van der Waals surface area contributed by atoms with Crippen molar-refractivity contribution in [3.05, 3.63) is 125 Å². The van der Waals surface area contributed by atoms with Crippen LogP contribution in [0, 0.1) is 16.7 Å². The van der Waals surface area contributed by atoms with Crippen LogP contribution in [0.25, 0.3) is 10.8 Å². The predicted molar refractivity (Wildman–Crippen MR) is 249 cm³/mol. The van der Waals surface area contributed by atoms with Crippen molar-refractivity contribution in [2.75, 3.05) is 6.61 Å². The highest BCUT2D eigenvalue weighted by Gasteiger charge is 2.78. The van der Waals surface area contributed by atoms with Gasteiger partial charge in [-0.15, -0.1) is 0 Å². The Bertz CT molecular complexity index is 2750. The summed E-state index contributed by atoms with van der Waals surface area (Å²) in [5.74, 6) is -6.58. The molecule has 3 aromatic carbocycles. The Labute approximate surface area is 404 Å². The first-order valence-electron chi connectivity index (χ1n) is 23.2. The molecule has 11 atom stereocenters. The van der Waals surface area contributed by atoms with Gasteiger partial charge in [0.1, 0.15) is 41.7 Å². The third-order valence-electron chi connectivity index (χ3n) is 14.6. The molecule has 370 valence electrons. The summed E-state index contributed by atoms with van der Waals surface area (Å²) in [6, 6.07) is 23.1. The minimum absolute atomic E-state index is 0.0545. The summed E-state index contributed by atoms with van der Waals surface area (Å²) < 4.78 is 36.4. The molecule has 1 saturated heterocycles. The quantitative estimate of drug-likeness (QED) is 0.0850. The molecular formula is C53H58N2O15. The third kappa shape index (κ3) is 8.52. The fourth-order valence-corrected chi connectivity index (χ4v) is 11.1. The largest absolute Gasteiger partial charge is 0.455 e. The molecule has 1 amide bonds. The Morgan fingerprint density at radius 2 is 1.51 bits per heavy atom. The van der Waals surface area contributed by atoms with E-state index >= 15 is 9.59 Å². The predicted octanol–water partition coefficient (Wildman–Crippen LogP) is 5.67. The lowest BCUT2D eigenvalue weighted by atomic mass is 9.44. The standard InChI is InChI=1S/C53H58N2O15/c1-28-34(66-47(62)41(67-46(61)39-33-22-16-15-17-30(33)23-24-54-39)38(31-18-11-9-12-19-31)55-48(63)70-49(3,4)5)26-53(64)44(68-45(60)32-20-13-10-14-21-32)42-51(8,43(59)40(58)37(28)50(53,6)7)35(57)25-36-52(42,27-65-36)69-29(2)56/h9-24,34-36,38,40-42,44,57-58,64H,25-27H2,1-8H3,(H,55,63)/t34-,35-,36+,38-,40+,41+,42-,44-,51+,52-,53+/m0/s1. The van der Waals surface area contributed by atoms with E-state index in [0.717, 1.165) is 6.92 Å². The number of aliphatic hydroxyl groups excluding tert-OH is 2. The number of rotatable bonds is 10. The van der Waals surface area contributed by atoms with Gasteiger partial charge in [0.2, 0.25) is 6.10 Å². The molecular weight excluding hydrogens is 905 g/mol. The number of hydrogen-bond acceptors (Lipinski definition) is 16. The molecule has 3 aliphatic carbocycles. The van der Waals surface area contributed by atoms with E-state index in [1.807, 2.05) is 0 Å². The van der Waals surface area contributed by atoms with E-state index in [2.05, 4.69) is 10.3 Å². The minimum Gasteiger partial charge on any atom is -0.455 e. The molecule has 4 aliphatic rings. The van der Waals surface area contributed by atoms with Gasteiger partial charge in [-0.3, -0.25) is 9.59 Å². The SMILES string of the molecule is CC(=O)O[C@@]12CO[C@@H]1C[C@H](O)[C@@]1(C)C(=O)[C@H](O)C3=C(C)[C@@H](OC(=O)[C@H](OC(=O)c4nccc5ccccc45)[C@@H](NC(=O)OC(C)(C)C)c4ccccc4)C[C@@](O)([C@@H](OC(=O)c4ccccc4)[C@H]21)C3(C)C. The molecule has 1 aliphatic heterocycles. The second-order valence-corrected chi connectivity index (χ2v) is 20.3. The normalized spacial score (nSPS) is 29.8. The van der Waals surface area contributed by atoms with Gasteiger partial charge in [0, 0.05) is 36.8 Å². The third-order valence-corrected chi connectivity index (χ3v) is 14.6. The molecule has 1 aromatic heterocycles. The zero-order chi connectivity index (χ0) is 50.7. The highest BCUT2D eigenvalue weighted by atomic mass is 16.6. The molecule has 70 heavy (non-hydrogen) atoms. The van der Waals surface area contributed by atoms with Gasteiger partial charge in [-0.25, -0.2) is 24.2 Å². The number of aromatic nitrogens is 1. The highest BCUT2D eigenvalue weighted by Crippen LogP contribution is 2.64. The van der Waals surface area contributed by atoms with E-state index in [-0.39, 0.29) is 41.0 Å². The minimum atomic E-state index is -2.44. The van der Waals surface area contributed by atoms with Gasteiger partial charge in [0.25, 0.3) is 0 Å². The molecule has 4 aromatic rings. The number of alkyl carbamates (subject to hydrolysis) is 1. The topological polar surface area (TPSA) is 243 Å². The Hall–Kier alpha value is -6.53. The van der Waals surface area contributed by atoms with Crippen LogP contribution >= 0.6 is 0 Å². The van der Waals surface area contributed by atoms with Crippen molar-refractivity contribution in [2.45, 2.75) is 128 Å². The number of amides is 1. The van der Waals surface area contributed by atoms with Crippen LogP contribution in [0.5, 0.6) is 0 Å². The van der Waals surface area contributed by atoms with Crippen molar-refractivity contribution in [2.24, 2.45) is 16.7 Å². The van der Waals surface area contributed by atoms with Crippen LogP contribution in [-0.4, -0.2) is 116 Å².